The van der Waals surface area contributed by atoms with Crippen LogP contribution in [0.25, 0.3) is 0 Å². The average molecular weight is 344 g/mol. The van der Waals surface area contributed by atoms with Crippen LogP contribution in [-0.2, 0) is 28.9 Å². The summed E-state index contributed by atoms with van der Waals surface area (Å²) in [7, 11) is 1.79. The Morgan fingerprint density at radius 3 is 3.12 bits per heavy atom. The molecule has 3 aliphatic rings. The Morgan fingerprint density at radius 1 is 1.40 bits per heavy atom. The number of fused-ring (bicyclic) bond motifs is 1. The van der Waals surface area contributed by atoms with Crippen LogP contribution in [0.15, 0.2) is 12.3 Å². The maximum Gasteiger partial charge on any atom is 0.317 e. The molecule has 2 saturated heterocycles. The van der Waals surface area contributed by atoms with Crippen molar-refractivity contribution < 1.29 is 14.3 Å². The summed E-state index contributed by atoms with van der Waals surface area (Å²) in [6.45, 7) is 2.31. The number of pyridine rings is 1. The number of amides is 3. The molecular weight excluding hydrogens is 320 g/mol. The van der Waals surface area contributed by atoms with E-state index in [0.29, 0.717) is 26.2 Å². The van der Waals surface area contributed by atoms with Crippen LogP contribution in [0.5, 0.6) is 0 Å². The van der Waals surface area contributed by atoms with Crippen LogP contribution in [0.3, 0.4) is 0 Å². The monoisotopic (exact) mass is 344 g/mol. The van der Waals surface area contributed by atoms with Gasteiger partial charge in [-0.25, -0.2) is 4.79 Å². The maximum atomic E-state index is 12.5. The Hall–Kier alpha value is -2.15. The van der Waals surface area contributed by atoms with Gasteiger partial charge in [-0.05, 0) is 36.8 Å². The van der Waals surface area contributed by atoms with Crippen LogP contribution in [0.1, 0.15) is 29.7 Å². The third kappa shape index (κ3) is 3.20. The van der Waals surface area contributed by atoms with E-state index < -0.39 is 5.60 Å². The summed E-state index contributed by atoms with van der Waals surface area (Å²) in [5, 5.41) is 2.98. The third-order valence-electron chi connectivity index (χ3n) is 5.48. The van der Waals surface area contributed by atoms with Crippen LogP contribution >= 0.6 is 0 Å². The number of hydrogen-bond acceptors (Lipinski definition) is 4. The van der Waals surface area contributed by atoms with Crippen molar-refractivity contribution >= 4 is 11.9 Å². The molecule has 1 spiro atoms. The van der Waals surface area contributed by atoms with Crippen molar-refractivity contribution in [2.45, 2.75) is 37.8 Å². The highest BCUT2D eigenvalue weighted by molar-refractivity contribution is 5.78. The lowest BCUT2D eigenvalue weighted by Crippen LogP contribution is -2.55. The summed E-state index contributed by atoms with van der Waals surface area (Å²) in [5.41, 5.74) is 3.15. The van der Waals surface area contributed by atoms with Crippen LogP contribution in [0.2, 0.25) is 0 Å². The van der Waals surface area contributed by atoms with Crippen molar-refractivity contribution in [2.75, 3.05) is 33.3 Å². The van der Waals surface area contributed by atoms with Gasteiger partial charge in [-0.2, -0.15) is 0 Å². The lowest BCUT2D eigenvalue weighted by Gasteiger charge is -2.38. The lowest BCUT2D eigenvalue weighted by atomic mass is 10.0. The van der Waals surface area contributed by atoms with Crippen LogP contribution in [0.4, 0.5) is 4.79 Å². The molecule has 0 aromatic carbocycles. The number of rotatable bonds is 2. The van der Waals surface area contributed by atoms with E-state index in [-0.39, 0.29) is 18.5 Å². The van der Waals surface area contributed by atoms with Gasteiger partial charge in [0.15, 0.2) is 0 Å². The van der Waals surface area contributed by atoms with Crippen molar-refractivity contribution in [2.24, 2.45) is 0 Å². The van der Waals surface area contributed by atoms with E-state index in [2.05, 4.69) is 16.4 Å². The zero-order valence-electron chi connectivity index (χ0n) is 14.6. The van der Waals surface area contributed by atoms with Gasteiger partial charge in [0.05, 0.1) is 13.1 Å². The summed E-state index contributed by atoms with van der Waals surface area (Å²) >= 11 is 0. The number of carbonyl (C=O) groups is 2. The van der Waals surface area contributed by atoms with E-state index in [1.165, 1.54) is 17.7 Å². The van der Waals surface area contributed by atoms with Gasteiger partial charge in [0.25, 0.3) is 0 Å². The molecule has 134 valence electrons. The molecule has 2 aliphatic heterocycles. The molecule has 3 heterocycles. The average Bonchev–Trinajstić information content (AvgIpc) is 3.23. The number of aryl methyl sites for hydroxylation is 2. The van der Waals surface area contributed by atoms with Gasteiger partial charge in [0.1, 0.15) is 12.2 Å². The second kappa shape index (κ2) is 6.29. The number of aromatic nitrogens is 1. The van der Waals surface area contributed by atoms with E-state index in [4.69, 9.17) is 4.74 Å². The first-order chi connectivity index (χ1) is 12.0. The van der Waals surface area contributed by atoms with Crippen molar-refractivity contribution in [3.05, 3.63) is 29.1 Å². The zero-order valence-corrected chi connectivity index (χ0v) is 14.6. The molecule has 2 fully saturated rings. The Balaban J connectivity index is 1.32. The summed E-state index contributed by atoms with van der Waals surface area (Å²) in [6, 6.07) is 2.08. The minimum Gasteiger partial charge on any atom is -0.361 e. The van der Waals surface area contributed by atoms with Crippen molar-refractivity contribution in [3.8, 4) is 0 Å². The highest BCUT2D eigenvalue weighted by Gasteiger charge is 2.45. The smallest absolute Gasteiger partial charge is 0.317 e. The highest BCUT2D eigenvalue weighted by Crippen LogP contribution is 2.29. The fourth-order valence-corrected chi connectivity index (χ4v) is 4.02. The molecule has 1 N–H and O–H groups in total. The molecular formula is C18H24N4O3. The van der Waals surface area contributed by atoms with Crippen LogP contribution in [-0.4, -0.2) is 65.6 Å². The van der Waals surface area contributed by atoms with Crippen molar-refractivity contribution in [1.29, 1.82) is 0 Å². The van der Waals surface area contributed by atoms with Crippen molar-refractivity contribution in [3.63, 3.8) is 0 Å². The number of nitrogens with zero attached hydrogens (tertiary/aromatic N) is 3. The van der Waals surface area contributed by atoms with Crippen LogP contribution < -0.4 is 5.32 Å². The Bertz CT molecular complexity index is 708. The minimum absolute atomic E-state index is 0.00219. The molecule has 1 aromatic rings. The molecule has 3 amide bonds. The molecule has 4 rings (SSSR count). The lowest BCUT2D eigenvalue weighted by molar-refractivity contribution is -0.158. The number of carbonyl (C=O) groups excluding carboxylic acids is 2. The first-order valence-electron chi connectivity index (χ1n) is 8.92. The standard InChI is InChI=1S/C18H24N4O3/c1-21-11-18(25-10-16(21)23)5-6-22(12-18)17(24)20-9-13-7-14-3-2-4-15(14)19-8-13/h7-8H,2-6,9-12H2,1H3,(H,20,24). The predicted octanol–water partition coefficient (Wildman–Crippen LogP) is 0.713. The number of likely N-dealkylation sites (N-methyl/N-ethyl adjacent to an activating group) is 1. The number of hydrogen-bond donors (Lipinski definition) is 1. The van der Waals surface area contributed by atoms with Gasteiger partial charge in [0, 0.05) is 32.0 Å². The number of urea groups is 1. The second-order valence-corrected chi connectivity index (χ2v) is 7.35. The minimum atomic E-state index is -0.408. The molecule has 7 heteroatoms. The predicted molar refractivity (Wildman–Crippen MR) is 91.0 cm³/mol. The molecule has 1 aliphatic carbocycles. The van der Waals surface area contributed by atoms with Gasteiger partial charge < -0.3 is 19.9 Å². The Kier molecular flexibility index (Phi) is 4.11. The number of nitrogens with one attached hydrogen (secondary N) is 1. The van der Waals surface area contributed by atoms with Gasteiger partial charge >= 0.3 is 6.03 Å². The van der Waals surface area contributed by atoms with Crippen molar-refractivity contribution in [1.82, 2.24) is 20.1 Å². The fraction of sp³-hybridized carbons (Fsp3) is 0.611. The molecule has 1 unspecified atom stereocenters. The van der Waals surface area contributed by atoms with Gasteiger partial charge in [-0.1, -0.05) is 6.07 Å². The van der Waals surface area contributed by atoms with E-state index >= 15 is 0 Å². The van der Waals surface area contributed by atoms with E-state index in [0.717, 1.165) is 24.8 Å². The molecule has 0 saturated carbocycles. The fourth-order valence-electron chi connectivity index (χ4n) is 4.02. The van der Waals surface area contributed by atoms with E-state index in [9.17, 15) is 9.59 Å². The molecule has 0 bridgehead atoms. The maximum absolute atomic E-state index is 12.5. The Labute approximate surface area is 147 Å². The molecule has 1 aromatic heterocycles. The van der Waals surface area contributed by atoms with Crippen LogP contribution in [0, 0.1) is 0 Å². The summed E-state index contributed by atoms with van der Waals surface area (Å²) in [5.74, 6) is -0.00219. The molecule has 1 atom stereocenters. The quantitative estimate of drug-likeness (QED) is 0.858. The summed E-state index contributed by atoms with van der Waals surface area (Å²) in [4.78, 5) is 32.0. The molecule has 7 nitrogen and oxygen atoms in total. The first kappa shape index (κ1) is 16.3. The number of morpholine rings is 1. The van der Waals surface area contributed by atoms with E-state index in [1.807, 2.05) is 6.20 Å². The highest BCUT2D eigenvalue weighted by atomic mass is 16.5. The van der Waals surface area contributed by atoms with Gasteiger partial charge in [-0.15, -0.1) is 0 Å². The zero-order chi connectivity index (χ0) is 17.4. The third-order valence-corrected chi connectivity index (χ3v) is 5.48. The normalized spacial score (nSPS) is 25.6. The topological polar surface area (TPSA) is 74.8 Å². The number of likely N-dealkylation sites (tertiary alicyclic amines) is 1. The largest absolute Gasteiger partial charge is 0.361 e. The SMILES string of the molecule is CN1CC2(CCN(C(=O)NCc3cnc4c(c3)CCC4)C2)OCC1=O. The van der Waals surface area contributed by atoms with E-state index in [1.54, 1.807) is 16.8 Å². The summed E-state index contributed by atoms with van der Waals surface area (Å²) in [6.07, 6.45) is 5.95. The molecule has 25 heavy (non-hydrogen) atoms. The molecule has 0 radical (unpaired) electrons. The van der Waals surface area contributed by atoms with Gasteiger partial charge in [-0.3, -0.25) is 9.78 Å². The van der Waals surface area contributed by atoms with Gasteiger partial charge in [0.2, 0.25) is 5.91 Å². The first-order valence-corrected chi connectivity index (χ1v) is 8.92. The summed E-state index contributed by atoms with van der Waals surface area (Å²) < 4.78 is 5.78. The number of ether oxygens (including phenoxy) is 1. The second-order valence-electron chi connectivity index (χ2n) is 7.35. The Morgan fingerprint density at radius 2 is 2.28 bits per heavy atom.